The number of hydrogen-bond donors (Lipinski definition) is 1. The molecule has 0 bridgehead atoms. The Bertz CT molecular complexity index is 858. The molecule has 154 valence electrons. The van der Waals surface area contributed by atoms with Gasteiger partial charge in [0.25, 0.3) is 5.91 Å². The van der Waals surface area contributed by atoms with E-state index in [4.69, 9.17) is 0 Å². The second-order valence-electron chi connectivity index (χ2n) is 7.16. The van der Waals surface area contributed by atoms with Crippen molar-refractivity contribution in [2.75, 3.05) is 54.4 Å². The van der Waals surface area contributed by atoms with Gasteiger partial charge < -0.3 is 20.0 Å². The number of nitrogens with one attached hydrogen (secondary N) is 1. The zero-order valence-corrected chi connectivity index (χ0v) is 17.4. The average molecular weight is 396 g/mol. The van der Waals surface area contributed by atoms with Crippen LogP contribution in [0.4, 0.5) is 17.2 Å². The normalized spacial score (nSPS) is 13.9. The van der Waals surface area contributed by atoms with Crippen molar-refractivity contribution in [1.29, 1.82) is 0 Å². The van der Waals surface area contributed by atoms with E-state index in [-0.39, 0.29) is 5.91 Å². The van der Waals surface area contributed by atoms with E-state index >= 15 is 0 Å². The molecular weight excluding hydrogens is 366 g/mol. The molecule has 0 radical (unpaired) electrons. The van der Waals surface area contributed by atoms with Gasteiger partial charge in [-0.2, -0.15) is 0 Å². The van der Waals surface area contributed by atoms with Gasteiger partial charge >= 0.3 is 0 Å². The van der Waals surface area contributed by atoms with Gasteiger partial charge in [0.05, 0.1) is 0 Å². The lowest BCUT2D eigenvalue weighted by Crippen LogP contribution is -2.46. The molecule has 2 amide bonds. The van der Waals surface area contributed by atoms with Gasteiger partial charge in [-0.3, -0.25) is 9.59 Å². The molecule has 2 heterocycles. The largest absolute Gasteiger partial charge is 0.372 e. The topological polar surface area (TPSA) is 68.8 Å². The molecule has 0 spiro atoms. The zero-order valence-electron chi connectivity index (χ0n) is 17.4. The van der Waals surface area contributed by atoms with Crippen molar-refractivity contribution in [3.05, 3.63) is 47.7 Å². The molecule has 1 aliphatic rings. The third kappa shape index (κ3) is 4.85. The summed E-state index contributed by atoms with van der Waals surface area (Å²) in [7, 11) is 0. The highest BCUT2D eigenvalue weighted by Gasteiger charge is 2.18. The van der Waals surface area contributed by atoms with Crippen LogP contribution in [0.25, 0.3) is 0 Å². The third-order valence-electron chi connectivity index (χ3n) is 5.38. The van der Waals surface area contributed by atoms with Crippen molar-refractivity contribution >= 4 is 29.5 Å². The molecule has 29 heavy (non-hydrogen) atoms. The van der Waals surface area contributed by atoms with Crippen molar-refractivity contribution in [3.8, 4) is 0 Å². The number of aryl methyl sites for hydroxylation is 1. The van der Waals surface area contributed by atoms with E-state index < -0.39 is 0 Å². The highest BCUT2D eigenvalue weighted by atomic mass is 16.1. The van der Waals surface area contributed by atoms with Crippen LogP contribution in [0.5, 0.6) is 0 Å². The number of anilines is 3. The number of rotatable bonds is 7. The van der Waals surface area contributed by atoms with E-state index in [0.29, 0.717) is 31.7 Å². The minimum absolute atomic E-state index is 0.154. The third-order valence-corrected chi connectivity index (χ3v) is 5.38. The minimum Gasteiger partial charge on any atom is -0.372 e. The Morgan fingerprint density at radius 2 is 1.86 bits per heavy atom. The maximum absolute atomic E-state index is 12.8. The van der Waals surface area contributed by atoms with Crippen LogP contribution >= 0.6 is 0 Å². The van der Waals surface area contributed by atoms with Crippen LogP contribution in [0.1, 0.15) is 29.8 Å². The molecule has 1 aromatic carbocycles. The molecule has 2 aromatic rings. The van der Waals surface area contributed by atoms with E-state index in [1.807, 2.05) is 25.1 Å². The van der Waals surface area contributed by atoms with Crippen LogP contribution in [-0.4, -0.2) is 61.5 Å². The van der Waals surface area contributed by atoms with Crippen LogP contribution in [0.3, 0.4) is 0 Å². The first-order valence-electron chi connectivity index (χ1n) is 10.1. The van der Waals surface area contributed by atoms with Gasteiger partial charge in [0.1, 0.15) is 5.82 Å². The summed E-state index contributed by atoms with van der Waals surface area (Å²) >= 11 is 0. The number of piperazine rings is 1. The highest BCUT2D eigenvalue weighted by Crippen LogP contribution is 2.23. The Kier molecular flexibility index (Phi) is 6.69. The van der Waals surface area contributed by atoms with E-state index in [9.17, 15) is 9.59 Å². The van der Waals surface area contributed by atoms with Crippen molar-refractivity contribution in [2.45, 2.75) is 20.8 Å². The number of carbonyl (C=O) groups is 2. The molecule has 0 aliphatic carbocycles. The van der Waals surface area contributed by atoms with Crippen LogP contribution in [-0.2, 0) is 4.79 Å². The molecule has 0 atom stereocenters. The fraction of sp³-hybridized carbons (Fsp3) is 0.409. The summed E-state index contributed by atoms with van der Waals surface area (Å²) in [4.78, 5) is 34.2. The number of pyridine rings is 1. The van der Waals surface area contributed by atoms with Crippen molar-refractivity contribution in [2.24, 2.45) is 0 Å². The lowest BCUT2D eigenvalue weighted by molar-refractivity contribution is -0.118. The first-order chi connectivity index (χ1) is 14.0. The van der Waals surface area contributed by atoms with Crippen LogP contribution < -0.4 is 15.1 Å². The van der Waals surface area contributed by atoms with Gasteiger partial charge in [0.2, 0.25) is 6.41 Å². The minimum atomic E-state index is -0.154. The van der Waals surface area contributed by atoms with Crippen LogP contribution in [0, 0.1) is 6.92 Å². The summed E-state index contributed by atoms with van der Waals surface area (Å²) in [6.45, 7) is 10.9. The Hall–Kier alpha value is -3.09. The van der Waals surface area contributed by atoms with E-state index in [1.54, 1.807) is 17.2 Å². The molecule has 3 rings (SSSR count). The molecule has 1 aliphatic heterocycles. The molecule has 1 aromatic heterocycles. The summed E-state index contributed by atoms with van der Waals surface area (Å²) in [6, 6.07) is 9.64. The average Bonchev–Trinajstić information content (AvgIpc) is 2.76. The molecule has 0 unspecified atom stereocenters. The molecule has 0 saturated carbocycles. The zero-order chi connectivity index (χ0) is 20.8. The maximum atomic E-state index is 12.8. The van der Waals surface area contributed by atoms with Gasteiger partial charge in [-0.1, -0.05) is 0 Å². The number of amides is 2. The summed E-state index contributed by atoms with van der Waals surface area (Å²) in [6.07, 6.45) is 2.54. The maximum Gasteiger partial charge on any atom is 0.255 e. The predicted molar refractivity (Wildman–Crippen MR) is 117 cm³/mol. The Labute approximate surface area is 172 Å². The quantitative estimate of drug-likeness (QED) is 0.730. The number of aromatic nitrogens is 1. The fourth-order valence-electron chi connectivity index (χ4n) is 3.56. The first kappa shape index (κ1) is 20.6. The Balaban J connectivity index is 1.70. The predicted octanol–water partition coefficient (Wildman–Crippen LogP) is 2.77. The van der Waals surface area contributed by atoms with E-state index in [2.05, 4.69) is 40.0 Å². The summed E-state index contributed by atoms with van der Waals surface area (Å²) in [5.41, 5.74) is 3.57. The first-order valence-corrected chi connectivity index (χ1v) is 10.1. The van der Waals surface area contributed by atoms with Gasteiger partial charge in [0, 0.05) is 62.4 Å². The monoisotopic (exact) mass is 395 g/mol. The standard InChI is InChI=1S/C22H29N5O2/c1-4-26(5-2)19-6-7-20(17(3)14-19)24-22(29)18-8-9-23-21(15-18)27-12-10-25(16-28)11-13-27/h6-9,14-16H,4-5,10-13H2,1-3H3,(H,24,29). The smallest absolute Gasteiger partial charge is 0.255 e. The van der Waals surface area contributed by atoms with E-state index in [0.717, 1.165) is 42.3 Å². The molecule has 1 N–H and O–H groups in total. The van der Waals surface area contributed by atoms with Crippen LogP contribution in [0.2, 0.25) is 0 Å². The lowest BCUT2D eigenvalue weighted by Gasteiger charge is -2.33. The van der Waals surface area contributed by atoms with Crippen molar-refractivity contribution in [1.82, 2.24) is 9.88 Å². The lowest BCUT2D eigenvalue weighted by atomic mass is 10.1. The Morgan fingerprint density at radius 1 is 1.14 bits per heavy atom. The fourth-order valence-corrected chi connectivity index (χ4v) is 3.56. The van der Waals surface area contributed by atoms with Gasteiger partial charge in [-0.15, -0.1) is 0 Å². The molecule has 1 saturated heterocycles. The highest BCUT2D eigenvalue weighted by molar-refractivity contribution is 6.05. The SMILES string of the molecule is CCN(CC)c1ccc(NC(=O)c2ccnc(N3CCN(C=O)CC3)c2)c(C)c1. The second kappa shape index (κ2) is 9.41. The molecule has 1 fully saturated rings. The second-order valence-corrected chi connectivity index (χ2v) is 7.16. The summed E-state index contributed by atoms with van der Waals surface area (Å²) < 4.78 is 0. The van der Waals surface area contributed by atoms with Gasteiger partial charge in [-0.25, -0.2) is 4.98 Å². The van der Waals surface area contributed by atoms with E-state index in [1.165, 1.54) is 0 Å². The van der Waals surface area contributed by atoms with Gasteiger partial charge in [0.15, 0.2) is 0 Å². The summed E-state index contributed by atoms with van der Waals surface area (Å²) in [5.74, 6) is 0.607. The molecule has 7 nitrogen and oxygen atoms in total. The Morgan fingerprint density at radius 3 is 2.48 bits per heavy atom. The number of benzene rings is 1. The number of carbonyl (C=O) groups excluding carboxylic acids is 2. The number of nitrogens with zero attached hydrogens (tertiary/aromatic N) is 4. The van der Waals surface area contributed by atoms with Crippen LogP contribution in [0.15, 0.2) is 36.5 Å². The van der Waals surface area contributed by atoms with Crippen molar-refractivity contribution < 1.29 is 9.59 Å². The summed E-state index contributed by atoms with van der Waals surface area (Å²) in [5, 5.41) is 3.02. The molecule has 7 heteroatoms. The van der Waals surface area contributed by atoms with Crippen molar-refractivity contribution in [3.63, 3.8) is 0 Å². The van der Waals surface area contributed by atoms with Gasteiger partial charge in [-0.05, 0) is 56.7 Å². The number of hydrogen-bond acceptors (Lipinski definition) is 5. The molecular formula is C22H29N5O2.